The van der Waals surface area contributed by atoms with Crippen molar-refractivity contribution in [2.75, 3.05) is 0 Å². The molecule has 0 aromatic heterocycles. The molecule has 4 heteroatoms. The second-order valence-corrected chi connectivity index (χ2v) is 8.42. The third-order valence-corrected chi connectivity index (χ3v) is 6.15. The van der Waals surface area contributed by atoms with Gasteiger partial charge in [0.15, 0.2) is 0 Å². The van der Waals surface area contributed by atoms with Crippen LogP contribution in [0.2, 0.25) is 0 Å². The predicted molar refractivity (Wildman–Crippen MR) is 133 cm³/mol. The van der Waals surface area contributed by atoms with E-state index in [1.165, 1.54) is 0 Å². The lowest BCUT2D eigenvalue weighted by molar-refractivity contribution is -0.153. The van der Waals surface area contributed by atoms with Crippen LogP contribution in [0.4, 0.5) is 0 Å². The Balaban J connectivity index is 1.50. The fourth-order valence-corrected chi connectivity index (χ4v) is 4.24. The van der Waals surface area contributed by atoms with Gasteiger partial charge in [-0.2, -0.15) is 0 Å². The monoisotopic (exact) mass is 450 g/mol. The van der Waals surface area contributed by atoms with Gasteiger partial charge in [-0.3, -0.25) is 9.59 Å². The number of hydrogen-bond acceptors (Lipinski definition) is 2. The Bertz CT molecular complexity index is 1130. The van der Waals surface area contributed by atoms with Crippen molar-refractivity contribution in [1.29, 1.82) is 0 Å². The van der Waals surface area contributed by atoms with Crippen molar-refractivity contribution in [3.63, 3.8) is 0 Å². The van der Waals surface area contributed by atoms with Crippen LogP contribution >= 0.6 is 0 Å². The summed E-state index contributed by atoms with van der Waals surface area (Å²) >= 11 is 0. The van der Waals surface area contributed by atoms with Gasteiger partial charge in [0.05, 0.1) is 11.8 Å². The molecule has 0 amide bonds. The van der Waals surface area contributed by atoms with Crippen LogP contribution in [0.5, 0.6) is 0 Å². The Labute approximate surface area is 199 Å². The van der Waals surface area contributed by atoms with Crippen molar-refractivity contribution in [3.8, 4) is 22.3 Å². The standard InChI is InChI=1S/C30H26O4/c31-29(32)27(19-21-11-15-25(16-12-21)23-7-3-1-4-8-23)28(30(33)34)20-22-13-17-26(18-14-22)24-9-5-2-6-10-24/h1-18,27-28H,19-20H2,(H,31,32)(H,33,34)/t27-,28+. The average Bonchev–Trinajstić information content (AvgIpc) is 2.87. The van der Waals surface area contributed by atoms with Crippen LogP contribution in [0.3, 0.4) is 0 Å². The number of carbonyl (C=O) groups is 2. The minimum Gasteiger partial charge on any atom is -0.481 e. The molecule has 2 atom stereocenters. The molecule has 0 unspecified atom stereocenters. The summed E-state index contributed by atoms with van der Waals surface area (Å²) in [7, 11) is 0. The SMILES string of the molecule is O=C(O)[C@@H](Cc1ccc(-c2ccccc2)cc1)[C@@H](Cc1ccc(-c2ccccc2)cc1)C(=O)O. The van der Waals surface area contributed by atoms with Crippen molar-refractivity contribution in [2.45, 2.75) is 12.8 Å². The molecule has 2 N–H and O–H groups in total. The first-order chi connectivity index (χ1) is 16.5. The van der Waals surface area contributed by atoms with Gasteiger partial charge >= 0.3 is 11.9 Å². The van der Waals surface area contributed by atoms with Crippen LogP contribution in [0.1, 0.15) is 11.1 Å². The van der Waals surface area contributed by atoms with E-state index < -0.39 is 23.8 Å². The zero-order chi connectivity index (χ0) is 23.9. The molecule has 0 fully saturated rings. The molecule has 0 saturated heterocycles. The zero-order valence-electron chi connectivity index (χ0n) is 18.7. The number of aliphatic carboxylic acids is 2. The molecule has 0 heterocycles. The molecule has 0 aliphatic carbocycles. The quantitative estimate of drug-likeness (QED) is 0.318. The van der Waals surface area contributed by atoms with Gasteiger partial charge in [-0.15, -0.1) is 0 Å². The van der Waals surface area contributed by atoms with Crippen LogP contribution in [0, 0.1) is 11.8 Å². The number of hydrogen-bond donors (Lipinski definition) is 2. The number of benzene rings is 4. The van der Waals surface area contributed by atoms with Crippen molar-refractivity contribution in [2.24, 2.45) is 11.8 Å². The summed E-state index contributed by atoms with van der Waals surface area (Å²) in [6.45, 7) is 0. The van der Waals surface area contributed by atoms with E-state index in [2.05, 4.69) is 0 Å². The molecule has 4 rings (SSSR count). The maximum atomic E-state index is 12.1. The van der Waals surface area contributed by atoms with Crippen LogP contribution in [-0.2, 0) is 22.4 Å². The number of rotatable bonds is 9. The molecule has 0 spiro atoms. The minimum atomic E-state index is -1.10. The van der Waals surface area contributed by atoms with E-state index in [4.69, 9.17) is 0 Å². The highest BCUT2D eigenvalue weighted by atomic mass is 16.4. The fraction of sp³-hybridized carbons (Fsp3) is 0.133. The summed E-state index contributed by atoms with van der Waals surface area (Å²) in [6.07, 6.45) is 0.312. The summed E-state index contributed by atoms with van der Waals surface area (Å²) < 4.78 is 0. The van der Waals surface area contributed by atoms with E-state index in [9.17, 15) is 19.8 Å². The lowest BCUT2D eigenvalue weighted by Gasteiger charge is -2.21. The Kier molecular flexibility index (Phi) is 7.19. The number of carboxylic acid groups (broad SMARTS) is 2. The third-order valence-electron chi connectivity index (χ3n) is 6.15. The van der Waals surface area contributed by atoms with Crippen LogP contribution in [0.25, 0.3) is 22.3 Å². The topological polar surface area (TPSA) is 74.6 Å². The van der Waals surface area contributed by atoms with Gasteiger partial charge in [0, 0.05) is 0 Å². The van der Waals surface area contributed by atoms with Crippen LogP contribution in [-0.4, -0.2) is 22.2 Å². The molecule has 4 nitrogen and oxygen atoms in total. The van der Waals surface area contributed by atoms with E-state index >= 15 is 0 Å². The van der Waals surface area contributed by atoms with E-state index in [-0.39, 0.29) is 12.8 Å². The van der Waals surface area contributed by atoms with E-state index in [0.29, 0.717) is 0 Å². The maximum absolute atomic E-state index is 12.1. The molecule has 4 aromatic carbocycles. The van der Waals surface area contributed by atoms with Gasteiger partial charge in [0.2, 0.25) is 0 Å². The van der Waals surface area contributed by atoms with Crippen molar-refractivity contribution in [1.82, 2.24) is 0 Å². The van der Waals surface area contributed by atoms with Gasteiger partial charge in [0.25, 0.3) is 0 Å². The molecule has 0 bridgehead atoms. The first kappa shape index (κ1) is 23.0. The third kappa shape index (κ3) is 5.59. The first-order valence-electron chi connectivity index (χ1n) is 11.3. The summed E-state index contributed by atoms with van der Waals surface area (Å²) in [5.74, 6) is -4.26. The molecule has 0 radical (unpaired) electrons. The van der Waals surface area contributed by atoms with Crippen molar-refractivity contribution < 1.29 is 19.8 Å². The summed E-state index contributed by atoms with van der Waals surface area (Å²) in [6, 6.07) is 35.1. The van der Waals surface area contributed by atoms with E-state index in [1.807, 2.05) is 109 Å². The minimum absolute atomic E-state index is 0.156. The highest BCUT2D eigenvalue weighted by Crippen LogP contribution is 2.27. The largest absolute Gasteiger partial charge is 0.481 e. The smallest absolute Gasteiger partial charge is 0.307 e. The molecule has 0 aliphatic rings. The van der Waals surface area contributed by atoms with Gasteiger partial charge < -0.3 is 10.2 Å². The second-order valence-electron chi connectivity index (χ2n) is 8.42. The normalized spacial score (nSPS) is 12.6. The molecule has 0 aliphatic heterocycles. The summed E-state index contributed by atoms with van der Waals surface area (Å²) in [5, 5.41) is 19.8. The average molecular weight is 451 g/mol. The van der Waals surface area contributed by atoms with Gasteiger partial charge in [-0.25, -0.2) is 0 Å². The summed E-state index contributed by atoms with van der Waals surface area (Å²) in [5.41, 5.74) is 5.82. The maximum Gasteiger partial charge on any atom is 0.307 e. The first-order valence-corrected chi connectivity index (χ1v) is 11.3. The van der Waals surface area contributed by atoms with E-state index in [0.717, 1.165) is 33.4 Å². The predicted octanol–water partition coefficient (Wildman–Crippen LogP) is 6.21. The lowest BCUT2D eigenvalue weighted by Crippen LogP contribution is -2.33. The summed E-state index contributed by atoms with van der Waals surface area (Å²) in [4.78, 5) is 24.2. The van der Waals surface area contributed by atoms with E-state index in [1.54, 1.807) is 0 Å². The van der Waals surface area contributed by atoms with Gasteiger partial charge in [-0.05, 0) is 46.2 Å². The molecule has 170 valence electrons. The zero-order valence-corrected chi connectivity index (χ0v) is 18.7. The Morgan fingerprint density at radius 2 is 0.765 bits per heavy atom. The van der Waals surface area contributed by atoms with Crippen molar-refractivity contribution in [3.05, 3.63) is 120 Å². The molecular weight excluding hydrogens is 424 g/mol. The van der Waals surface area contributed by atoms with Crippen LogP contribution in [0.15, 0.2) is 109 Å². The Morgan fingerprint density at radius 3 is 1.06 bits per heavy atom. The lowest BCUT2D eigenvalue weighted by atomic mass is 9.82. The molecule has 4 aromatic rings. The number of carboxylic acids is 2. The molecular formula is C30H26O4. The second kappa shape index (κ2) is 10.6. The molecule has 34 heavy (non-hydrogen) atoms. The Morgan fingerprint density at radius 1 is 0.471 bits per heavy atom. The van der Waals surface area contributed by atoms with Crippen molar-refractivity contribution >= 4 is 11.9 Å². The molecule has 0 saturated carbocycles. The fourth-order valence-electron chi connectivity index (χ4n) is 4.24. The Hall–Kier alpha value is -4.18. The van der Waals surface area contributed by atoms with Crippen LogP contribution < -0.4 is 0 Å². The highest BCUT2D eigenvalue weighted by molar-refractivity contribution is 5.80. The van der Waals surface area contributed by atoms with Gasteiger partial charge in [0.1, 0.15) is 0 Å². The highest BCUT2D eigenvalue weighted by Gasteiger charge is 2.34. The van der Waals surface area contributed by atoms with Gasteiger partial charge in [-0.1, -0.05) is 109 Å².